The second kappa shape index (κ2) is 7.31. The first kappa shape index (κ1) is 18.2. The van der Waals surface area contributed by atoms with E-state index in [1.165, 1.54) is 12.1 Å². The van der Waals surface area contributed by atoms with Crippen LogP contribution in [0.15, 0.2) is 24.3 Å². The molecular formula is C18H23FN4O3. The molecule has 4 amide bonds. The summed E-state index contributed by atoms with van der Waals surface area (Å²) in [6.45, 7) is 4.27. The number of carbonyl (C=O) groups is 3. The summed E-state index contributed by atoms with van der Waals surface area (Å²) in [7, 11) is 0. The molecule has 1 aromatic rings. The number of amides is 4. The third kappa shape index (κ3) is 3.79. The lowest BCUT2D eigenvalue weighted by molar-refractivity contribution is -0.148. The molecule has 2 saturated heterocycles. The highest BCUT2D eigenvalue weighted by molar-refractivity contribution is 5.97. The molecule has 3 rings (SSSR count). The van der Waals surface area contributed by atoms with E-state index in [9.17, 15) is 18.8 Å². The highest BCUT2D eigenvalue weighted by Gasteiger charge is 2.47. The fourth-order valence-corrected chi connectivity index (χ4v) is 3.44. The maximum atomic E-state index is 13.1. The van der Waals surface area contributed by atoms with Crippen LogP contribution in [0.2, 0.25) is 0 Å². The highest BCUT2D eigenvalue weighted by atomic mass is 19.1. The van der Waals surface area contributed by atoms with E-state index in [0.29, 0.717) is 18.5 Å². The summed E-state index contributed by atoms with van der Waals surface area (Å²) in [5, 5.41) is 8.22. The van der Waals surface area contributed by atoms with Gasteiger partial charge in [0.25, 0.3) is 0 Å². The van der Waals surface area contributed by atoms with E-state index in [1.54, 1.807) is 17.0 Å². The summed E-state index contributed by atoms with van der Waals surface area (Å²) < 4.78 is 13.1. The molecule has 1 aromatic carbocycles. The Labute approximate surface area is 151 Å². The predicted molar refractivity (Wildman–Crippen MR) is 92.4 cm³/mol. The number of rotatable bonds is 4. The molecule has 2 aliphatic heterocycles. The quantitative estimate of drug-likeness (QED) is 0.738. The fourth-order valence-electron chi connectivity index (χ4n) is 3.44. The van der Waals surface area contributed by atoms with Crippen LogP contribution in [0.5, 0.6) is 0 Å². The van der Waals surface area contributed by atoms with Crippen molar-refractivity contribution in [3.8, 4) is 0 Å². The Balaban J connectivity index is 1.54. The van der Waals surface area contributed by atoms with Crippen LogP contribution in [0.3, 0.4) is 0 Å². The number of hydrogen-bond acceptors (Lipinski definition) is 3. The Morgan fingerprint density at radius 2 is 2.15 bits per heavy atom. The molecular weight excluding hydrogens is 339 g/mol. The maximum absolute atomic E-state index is 13.1. The Morgan fingerprint density at radius 1 is 1.38 bits per heavy atom. The van der Waals surface area contributed by atoms with Crippen LogP contribution in [-0.4, -0.2) is 47.4 Å². The smallest absolute Gasteiger partial charge is 0.315 e. The van der Waals surface area contributed by atoms with Crippen LogP contribution < -0.4 is 16.0 Å². The fraction of sp³-hybridized carbons (Fsp3) is 0.500. The third-order valence-corrected chi connectivity index (χ3v) is 4.79. The van der Waals surface area contributed by atoms with Crippen LogP contribution in [0.1, 0.15) is 25.8 Å². The number of halogens is 1. The van der Waals surface area contributed by atoms with Gasteiger partial charge in [0.2, 0.25) is 11.8 Å². The Morgan fingerprint density at radius 3 is 2.85 bits per heavy atom. The van der Waals surface area contributed by atoms with Crippen LogP contribution in [0.4, 0.5) is 9.18 Å². The molecule has 0 unspecified atom stereocenters. The van der Waals surface area contributed by atoms with Gasteiger partial charge in [-0.3, -0.25) is 9.59 Å². The van der Waals surface area contributed by atoms with E-state index >= 15 is 0 Å². The van der Waals surface area contributed by atoms with Crippen molar-refractivity contribution < 1.29 is 18.8 Å². The van der Waals surface area contributed by atoms with Crippen molar-refractivity contribution in [3.05, 3.63) is 35.6 Å². The number of piperazine rings is 1. The third-order valence-electron chi connectivity index (χ3n) is 4.79. The molecule has 0 spiro atoms. The first-order chi connectivity index (χ1) is 12.3. The highest BCUT2D eigenvalue weighted by Crippen LogP contribution is 2.24. The maximum Gasteiger partial charge on any atom is 0.315 e. The van der Waals surface area contributed by atoms with Crippen molar-refractivity contribution >= 4 is 17.8 Å². The zero-order valence-corrected chi connectivity index (χ0v) is 14.8. The molecule has 26 heavy (non-hydrogen) atoms. The molecule has 2 fully saturated rings. The lowest BCUT2D eigenvalue weighted by Gasteiger charge is -2.36. The average Bonchev–Trinajstić information content (AvgIpc) is 3.01. The number of benzene rings is 1. The van der Waals surface area contributed by atoms with Crippen molar-refractivity contribution in [2.75, 3.05) is 6.54 Å². The standard InChI is InChI=1S/C18H23FN4O3/c1-10(2)15-17(25)23-9-13(7-14(23)16(24)22-15)21-18(26)20-8-11-4-3-5-12(19)6-11/h3-6,10,13-15H,7-9H2,1-2H3,(H,22,24)(H2,20,21,26)/t13-,14-,15+/m0/s1. The van der Waals surface area contributed by atoms with Crippen molar-refractivity contribution in [3.63, 3.8) is 0 Å². The lowest BCUT2D eigenvalue weighted by atomic mass is 9.98. The van der Waals surface area contributed by atoms with Gasteiger partial charge in [0.05, 0.1) is 6.04 Å². The summed E-state index contributed by atoms with van der Waals surface area (Å²) in [4.78, 5) is 38.4. The molecule has 3 N–H and O–H groups in total. The summed E-state index contributed by atoms with van der Waals surface area (Å²) in [6.07, 6.45) is 0.385. The number of urea groups is 1. The number of fused-ring (bicyclic) bond motifs is 1. The van der Waals surface area contributed by atoms with Gasteiger partial charge in [-0.1, -0.05) is 26.0 Å². The molecule has 0 bridgehead atoms. The number of carbonyl (C=O) groups excluding carboxylic acids is 3. The zero-order chi connectivity index (χ0) is 18.8. The molecule has 2 heterocycles. The Hall–Kier alpha value is -2.64. The monoisotopic (exact) mass is 362 g/mol. The number of nitrogens with one attached hydrogen (secondary N) is 3. The van der Waals surface area contributed by atoms with Crippen molar-refractivity contribution in [2.24, 2.45) is 5.92 Å². The number of hydrogen-bond donors (Lipinski definition) is 3. The summed E-state index contributed by atoms with van der Waals surface area (Å²) in [5.74, 6) is -0.627. The predicted octanol–water partition coefficient (Wildman–Crippen LogP) is 0.749. The molecule has 2 aliphatic rings. The van der Waals surface area contributed by atoms with E-state index in [-0.39, 0.29) is 36.1 Å². The second-order valence-corrected chi connectivity index (χ2v) is 7.13. The molecule has 3 atom stereocenters. The van der Waals surface area contributed by atoms with E-state index < -0.39 is 18.1 Å². The lowest BCUT2D eigenvalue weighted by Crippen LogP contribution is -2.62. The minimum atomic E-state index is -0.536. The Kier molecular flexibility index (Phi) is 5.11. The van der Waals surface area contributed by atoms with Gasteiger partial charge in [0.1, 0.15) is 17.9 Å². The Bertz CT molecular complexity index is 724. The molecule has 0 aliphatic carbocycles. The van der Waals surface area contributed by atoms with Crippen molar-refractivity contribution in [2.45, 2.75) is 44.9 Å². The largest absolute Gasteiger partial charge is 0.342 e. The van der Waals surface area contributed by atoms with Crippen molar-refractivity contribution in [1.29, 1.82) is 0 Å². The van der Waals surface area contributed by atoms with E-state index in [2.05, 4.69) is 16.0 Å². The van der Waals surface area contributed by atoms with Crippen LogP contribution in [-0.2, 0) is 16.1 Å². The SMILES string of the molecule is CC(C)[C@H]1NC(=O)[C@@H]2C[C@H](NC(=O)NCc3cccc(F)c3)CN2C1=O. The number of nitrogens with zero attached hydrogens (tertiary/aromatic N) is 1. The van der Waals surface area contributed by atoms with Crippen LogP contribution in [0, 0.1) is 11.7 Å². The van der Waals surface area contributed by atoms with E-state index in [4.69, 9.17) is 0 Å². The second-order valence-electron chi connectivity index (χ2n) is 7.13. The van der Waals surface area contributed by atoms with Gasteiger partial charge in [-0.2, -0.15) is 0 Å². The molecule has 0 saturated carbocycles. The topological polar surface area (TPSA) is 90.5 Å². The average molecular weight is 362 g/mol. The van der Waals surface area contributed by atoms with Crippen LogP contribution >= 0.6 is 0 Å². The summed E-state index contributed by atoms with van der Waals surface area (Å²) in [5.41, 5.74) is 0.651. The molecule has 7 nitrogen and oxygen atoms in total. The summed E-state index contributed by atoms with van der Waals surface area (Å²) >= 11 is 0. The van der Waals surface area contributed by atoms with Gasteiger partial charge in [-0.25, -0.2) is 9.18 Å². The van der Waals surface area contributed by atoms with Gasteiger partial charge >= 0.3 is 6.03 Å². The van der Waals surface area contributed by atoms with Gasteiger partial charge in [0.15, 0.2) is 0 Å². The first-order valence-corrected chi connectivity index (χ1v) is 8.75. The van der Waals surface area contributed by atoms with Gasteiger partial charge in [-0.15, -0.1) is 0 Å². The van der Waals surface area contributed by atoms with Gasteiger partial charge in [0, 0.05) is 13.1 Å². The molecule has 140 valence electrons. The van der Waals surface area contributed by atoms with E-state index in [1.807, 2.05) is 13.8 Å². The van der Waals surface area contributed by atoms with Crippen molar-refractivity contribution in [1.82, 2.24) is 20.9 Å². The first-order valence-electron chi connectivity index (χ1n) is 8.75. The van der Waals surface area contributed by atoms with Gasteiger partial charge < -0.3 is 20.9 Å². The van der Waals surface area contributed by atoms with Gasteiger partial charge in [-0.05, 0) is 30.0 Å². The van der Waals surface area contributed by atoms with Crippen LogP contribution in [0.25, 0.3) is 0 Å². The summed E-state index contributed by atoms with van der Waals surface area (Å²) in [6, 6.07) is 4.23. The zero-order valence-electron chi connectivity index (χ0n) is 14.8. The molecule has 0 aromatic heterocycles. The van der Waals surface area contributed by atoms with E-state index in [0.717, 1.165) is 0 Å². The minimum Gasteiger partial charge on any atom is -0.342 e. The minimum absolute atomic E-state index is 0.00831. The normalized spacial score (nSPS) is 25.1. The molecule has 8 heteroatoms. The molecule has 0 radical (unpaired) electrons.